The third kappa shape index (κ3) is 6.35. The number of hydrogen-bond donors (Lipinski definition) is 2. The number of nitrogens with one attached hydrogen (secondary N) is 2. The molecule has 0 radical (unpaired) electrons. The van der Waals surface area contributed by atoms with Gasteiger partial charge in [-0.25, -0.2) is 9.18 Å². The number of nitrogens with zero attached hydrogens (tertiary/aromatic N) is 5. The van der Waals surface area contributed by atoms with Gasteiger partial charge >= 0.3 is 5.97 Å². The molecule has 0 amide bonds. The highest BCUT2D eigenvalue weighted by Crippen LogP contribution is 2.36. The van der Waals surface area contributed by atoms with Crippen molar-refractivity contribution < 1.29 is 13.9 Å². The van der Waals surface area contributed by atoms with Crippen LogP contribution in [0.5, 0.6) is 0 Å². The molecule has 0 bridgehead atoms. The molecule has 1 aromatic heterocycles. The topological polar surface area (TPSA) is 116 Å². The van der Waals surface area contributed by atoms with Gasteiger partial charge in [-0.05, 0) is 48.9 Å². The zero-order chi connectivity index (χ0) is 27.1. The summed E-state index contributed by atoms with van der Waals surface area (Å²) in [4.78, 5) is 28.1. The second kappa shape index (κ2) is 11.9. The number of nitriles is 1. The van der Waals surface area contributed by atoms with E-state index in [0.717, 1.165) is 5.56 Å². The highest BCUT2D eigenvalue weighted by Gasteiger charge is 2.37. The molecule has 0 spiro atoms. The van der Waals surface area contributed by atoms with E-state index in [9.17, 15) is 14.4 Å². The molecule has 10 heteroatoms. The van der Waals surface area contributed by atoms with E-state index in [1.165, 1.54) is 19.2 Å². The van der Waals surface area contributed by atoms with Crippen LogP contribution in [-0.2, 0) is 14.9 Å². The lowest BCUT2D eigenvalue weighted by Crippen LogP contribution is -2.43. The number of piperidine rings is 1. The first-order chi connectivity index (χ1) is 18.3. The van der Waals surface area contributed by atoms with Crippen LogP contribution >= 0.6 is 0 Å². The molecule has 2 aromatic carbocycles. The Morgan fingerprint density at radius 2 is 1.82 bits per heavy atom. The Morgan fingerprint density at radius 1 is 1.11 bits per heavy atom. The van der Waals surface area contributed by atoms with E-state index in [0.29, 0.717) is 44.0 Å². The maximum atomic E-state index is 13.8. The quantitative estimate of drug-likeness (QED) is 0.386. The number of rotatable bonds is 9. The molecule has 1 aliphatic heterocycles. The first-order valence-corrected chi connectivity index (χ1v) is 12.7. The Morgan fingerprint density at radius 3 is 2.45 bits per heavy atom. The molecule has 0 unspecified atom stereocenters. The van der Waals surface area contributed by atoms with Gasteiger partial charge in [-0.15, -0.1) is 0 Å². The summed E-state index contributed by atoms with van der Waals surface area (Å²) in [7, 11) is 1.34. The number of halogens is 1. The standard InChI is InChI=1S/C28H32FN7O2/c1-19(2)16-23(24(37)38-3)32-26-33-25(31-22-11-7-10-21(29)17-22)34-27(35-26)36-14-12-28(18-30,13-15-36)20-8-5-4-6-9-20/h4-11,17,19,23H,12-16H2,1-3H3,(H2,31,32,33,34,35)/t23-/m0/s1. The van der Waals surface area contributed by atoms with Gasteiger partial charge in [0.2, 0.25) is 17.8 Å². The Bertz CT molecular complexity index is 1290. The van der Waals surface area contributed by atoms with Crippen molar-refractivity contribution in [3.05, 3.63) is 66.0 Å². The summed E-state index contributed by atoms with van der Waals surface area (Å²) in [6.45, 7) is 5.13. The van der Waals surface area contributed by atoms with Crippen LogP contribution in [0, 0.1) is 23.1 Å². The Hall–Kier alpha value is -4.26. The molecule has 4 rings (SSSR count). The SMILES string of the molecule is COC(=O)[C@H](CC(C)C)Nc1nc(Nc2cccc(F)c2)nc(N2CCC(C#N)(c3ccccc3)CC2)n1. The number of ether oxygens (including phenoxy) is 1. The van der Waals surface area contributed by atoms with E-state index in [-0.39, 0.29) is 17.8 Å². The van der Waals surface area contributed by atoms with Crippen LogP contribution in [0.4, 0.5) is 27.9 Å². The first-order valence-electron chi connectivity index (χ1n) is 12.7. The molecule has 0 aliphatic carbocycles. The van der Waals surface area contributed by atoms with Crippen molar-refractivity contribution in [1.29, 1.82) is 5.26 Å². The fourth-order valence-electron chi connectivity index (χ4n) is 4.62. The lowest BCUT2D eigenvalue weighted by molar-refractivity contribution is -0.141. The summed E-state index contributed by atoms with van der Waals surface area (Å²) >= 11 is 0. The Balaban J connectivity index is 1.63. The number of esters is 1. The van der Waals surface area contributed by atoms with Gasteiger partial charge in [-0.1, -0.05) is 50.2 Å². The first kappa shape index (κ1) is 26.8. The van der Waals surface area contributed by atoms with Crippen LogP contribution in [0.25, 0.3) is 0 Å². The maximum Gasteiger partial charge on any atom is 0.328 e. The predicted octanol–water partition coefficient (Wildman–Crippen LogP) is 4.82. The van der Waals surface area contributed by atoms with Gasteiger partial charge in [-0.3, -0.25) is 0 Å². The summed E-state index contributed by atoms with van der Waals surface area (Å²) in [5.74, 6) is 0.211. The lowest BCUT2D eigenvalue weighted by atomic mass is 9.74. The Kier molecular flexibility index (Phi) is 8.36. The van der Waals surface area contributed by atoms with Crippen LogP contribution in [0.3, 0.4) is 0 Å². The molecule has 1 aliphatic rings. The van der Waals surface area contributed by atoms with Gasteiger partial charge in [0, 0.05) is 18.8 Å². The van der Waals surface area contributed by atoms with Gasteiger partial charge in [0.05, 0.1) is 18.6 Å². The smallest absolute Gasteiger partial charge is 0.328 e. The second-order valence-corrected chi connectivity index (χ2v) is 9.81. The van der Waals surface area contributed by atoms with Crippen molar-refractivity contribution in [2.24, 2.45) is 5.92 Å². The third-order valence-corrected chi connectivity index (χ3v) is 6.64. The maximum absolute atomic E-state index is 13.8. The van der Waals surface area contributed by atoms with Crippen molar-refractivity contribution in [3.63, 3.8) is 0 Å². The van der Waals surface area contributed by atoms with Crippen LogP contribution < -0.4 is 15.5 Å². The zero-order valence-corrected chi connectivity index (χ0v) is 21.8. The zero-order valence-electron chi connectivity index (χ0n) is 21.8. The van der Waals surface area contributed by atoms with E-state index in [4.69, 9.17) is 4.74 Å². The summed E-state index contributed by atoms with van der Waals surface area (Å²) in [5, 5.41) is 16.2. The fraction of sp³-hybridized carbons (Fsp3) is 0.393. The van der Waals surface area contributed by atoms with Gasteiger partial charge in [0.25, 0.3) is 0 Å². The van der Waals surface area contributed by atoms with Crippen molar-refractivity contribution in [3.8, 4) is 6.07 Å². The average molecular weight is 518 g/mol. The van der Waals surface area contributed by atoms with Gasteiger partial charge in [0.1, 0.15) is 11.9 Å². The summed E-state index contributed by atoms with van der Waals surface area (Å²) in [5.41, 5.74) is 0.899. The predicted molar refractivity (Wildman–Crippen MR) is 144 cm³/mol. The molecule has 1 saturated heterocycles. The molecule has 1 atom stereocenters. The fourth-order valence-corrected chi connectivity index (χ4v) is 4.62. The summed E-state index contributed by atoms with van der Waals surface area (Å²) in [6, 6.07) is 17.7. The lowest BCUT2D eigenvalue weighted by Gasteiger charge is -2.37. The highest BCUT2D eigenvalue weighted by atomic mass is 19.1. The molecule has 2 N–H and O–H groups in total. The van der Waals surface area contributed by atoms with E-state index < -0.39 is 23.2 Å². The van der Waals surface area contributed by atoms with Crippen LogP contribution in [0.2, 0.25) is 0 Å². The minimum atomic E-state index is -0.650. The number of anilines is 4. The van der Waals surface area contributed by atoms with Crippen molar-refractivity contribution >= 4 is 29.5 Å². The van der Waals surface area contributed by atoms with Crippen molar-refractivity contribution in [1.82, 2.24) is 15.0 Å². The number of methoxy groups -OCH3 is 1. The van der Waals surface area contributed by atoms with E-state index in [1.54, 1.807) is 12.1 Å². The van der Waals surface area contributed by atoms with Crippen molar-refractivity contribution in [2.75, 3.05) is 35.7 Å². The average Bonchev–Trinajstić information content (AvgIpc) is 2.92. The van der Waals surface area contributed by atoms with Crippen LogP contribution in [-0.4, -0.2) is 47.2 Å². The number of carbonyl (C=O) groups is 1. The Labute approximate surface area is 222 Å². The molecule has 3 aromatic rings. The monoisotopic (exact) mass is 517 g/mol. The number of hydrogen-bond acceptors (Lipinski definition) is 9. The van der Waals surface area contributed by atoms with E-state index in [2.05, 4.69) is 31.7 Å². The molecule has 2 heterocycles. The largest absolute Gasteiger partial charge is 0.467 e. The second-order valence-electron chi connectivity index (χ2n) is 9.81. The number of benzene rings is 2. The molecule has 1 fully saturated rings. The van der Waals surface area contributed by atoms with E-state index >= 15 is 0 Å². The molecule has 0 saturated carbocycles. The summed E-state index contributed by atoms with van der Waals surface area (Å²) in [6.07, 6.45) is 1.73. The van der Waals surface area contributed by atoms with Crippen molar-refractivity contribution in [2.45, 2.75) is 44.6 Å². The number of aromatic nitrogens is 3. The minimum Gasteiger partial charge on any atom is -0.467 e. The van der Waals surface area contributed by atoms with E-state index in [1.807, 2.05) is 49.1 Å². The number of carbonyl (C=O) groups excluding carboxylic acids is 1. The molecule has 38 heavy (non-hydrogen) atoms. The van der Waals surface area contributed by atoms with Crippen LogP contribution in [0.1, 0.15) is 38.7 Å². The normalized spacial score (nSPS) is 15.4. The highest BCUT2D eigenvalue weighted by molar-refractivity contribution is 5.78. The third-order valence-electron chi connectivity index (χ3n) is 6.64. The summed E-state index contributed by atoms with van der Waals surface area (Å²) < 4.78 is 18.8. The molecule has 9 nitrogen and oxygen atoms in total. The van der Waals surface area contributed by atoms with Gasteiger partial charge < -0.3 is 20.3 Å². The molecule has 198 valence electrons. The molecular weight excluding hydrogens is 485 g/mol. The van der Waals surface area contributed by atoms with Gasteiger partial charge in [-0.2, -0.15) is 20.2 Å². The molecular formula is C28H32FN7O2. The van der Waals surface area contributed by atoms with Gasteiger partial charge in [0.15, 0.2) is 0 Å². The minimum absolute atomic E-state index is 0.199. The van der Waals surface area contributed by atoms with Crippen LogP contribution in [0.15, 0.2) is 54.6 Å².